The van der Waals surface area contributed by atoms with Crippen LogP contribution in [0.15, 0.2) is 45.6 Å². The molecule has 0 aliphatic rings. The molecule has 0 radical (unpaired) electrons. The second kappa shape index (κ2) is 4.87. The molecule has 0 amide bonds. The Morgan fingerprint density at radius 1 is 1.35 bits per heavy atom. The Morgan fingerprint density at radius 2 is 2.12 bits per heavy atom. The third-order valence-electron chi connectivity index (χ3n) is 2.53. The number of fused-ring (bicyclic) bond motifs is 1. The summed E-state index contributed by atoms with van der Waals surface area (Å²) >= 11 is 0. The number of hydrogen-bond donors (Lipinski definition) is 0. The van der Waals surface area contributed by atoms with Crippen LogP contribution in [0.5, 0.6) is 5.95 Å². The fraction of sp³-hybridized carbons (Fsp3) is 0.214. The molecule has 88 valence electrons. The first-order chi connectivity index (χ1) is 8.24. The standard InChI is InChI=1S/C14H14O3/c1-3-4-9-16-14-10(2)13(15)11-7-5-6-8-12(11)17-14/h3-8H,9H2,1-2H3. The van der Waals surface area contributed by atoms with Crippen LogP contribution in [0.25, 0.3) is 11.0 Å². The van der Waals surface area contributed by atoms with Gasteiger partial charge in [0.1, 0.15) is 12.2 Å². The Morgan fingerprint density at radius 3 is 2.88 bits per heavy atom. The molecule has 0 aliphatic carbocycles. The molecular weight excluding hydrogens is 216 g/mol. The number of rotatable bonds is 3. The van der Waals surface area contributed by atoms with Gasteiger partial charge < -0.3 is 9.15 Å². The van der Waals surface area contributed by atoms with Crippen molar-refractivity contribution in [1.29, 1.82) is 0 Å². The predicted molar refractivity (Wildman–Crippen MR) is 67.5 cm³/mol. The van der Waals surface area contributed by atoms with Gasteiger partial charge in [-0.25, -0.2) is 0 Å². The van der Waals surface area contributed by atoms with Crippen LogP contribution >= 0.6 is 0 Å². The van der Waals surface area contributed by atoms with Gasteiger partial charge in [-0.2, -0.15) is 0 Å². The highest BCUT2D eigenvalue weighted by atomic mass is 16.6. The van der Waals surface area contributed by atoms with E-state index in [9.17, 15) is 4.79 Å². The van der Waals surface area contributed by atoms with E-state index in [1.54, 1.807) is 19.1 Å². The van der Waals surface area contributed by atoms with E-state index in [2.05, 4.69) is 0 Å². The average molecular weight is 230 g/mol. The summed E-state index contributed by atoms with van der Waals surface area (Å²) in [6.45, 7) is 4.02. The van der Waals surface area contributed by atoms with E-state index in [1.165, 1.54) is 0 Å². The number of allylic oxidation sites excluding steroid dienone is 1. The van der Waals surface area contributed by atoms with Crippen LogP contribution in [-0.2, 0) is 0 Å². The minimum absolute atomic E-state index is 0.0395. The lowest BCUT2D eigenvalue weighted by molar-refractivity contribution is 0.272. The fourth-order valence-corrected chi connectivity index (χ4v) is 1.57. The van der Waals surface area contributed by atoms with Gasteiger partial charge in [0.05, 0.1) is 10.9 Å². The molecule has 0 aliphatic heterocycles. The van der Waals surface area contributed by atoms with Crippen molar-refractivity contribution in [3.05, 3.63) is 52.2 Å². The molecule has 1 aromatic heterocycles. The van der Waals surface area contributed by atoms with Gasteiger partial charge in [0, 0.05) is 0 Å². The number of para-hydroxylation sites is 1. The summed E-state index contributed by atoms with van der Waals surface area (Å²) < 4.78 is 11.0. The smallest absolute Gasteiger partial charge is 0.292 e. The van der Waals surface area contributed by atoms with Crippen LogP contribution in [0.2, 0.25) is 0 Å². The van der Waals surface area contributed by atoms with Crippen LogP contribution in [0.1, 0.15) is 12.5 Å². The Kier molecular flexibility index (Phi) is 3.28. The number of hydrogen-bond acceptors (Lipinski definition) is 3. The molecule has 0 spiro atoms. The average Bonchev–Trinajstić information content (AvgIpc) is 2.35. The molecule has 0 N–H and O–H groups in total. The first-order valence-electron chi connectivity index (χ1n) is 5.50. The minimum atomic E-state index is -0.0395. The molecule has 1 heterocycles. The van der Waals surface area contributed by atoms with Crippen LogP contribution in [0, 0.1) is 6.92 Å². The topological polar surface area (TPSA) is 39.4 Å². The lowest BCUT2D eigenvalue weighted by Gasteiger charge is -2.06. The van der Waals surface area contributed by atoms with Crippen molar-refractivity contribution in [2.24, 2.45) is 0 Å². The van der Waals surface area contributed by atoms with E-state index in [0.717, 1.165) is 0 Å². The van der Waals surface area contributed by atoms with E-state index in [4.69, 9.17) is 9.15 Å². The Hall–Kier alpha value is -2.03. The van der Waals surface area contributed by atoms with Gasteiger partial charge in [0.2, 0.25) is 0 Å². The van der Waals surface area contributed by atoms with E-state index in [1.807, 2.05) is 31.2 Å². The van der Waals surface area contributed by atoms with Crippen LogP contribution in [0.3, 0.4) is 0 Å². The molecule has 2 aromatic rings. The van der Waals surface area contributed by atoms with E-state index >= 15 is 0 Å². The van der Waals surface area contributed by atoms with Crippen molar-refractivity contribution in [1.82, 2.24) is 0 Å². The Balaban J connectivity index is 2.50. The molecule has 17 heavy (non-hydrogen) atoms. The van der Waals surface area contributed by atoms with Crippen molar-refractivity contribution < 1.29 is 9.15 Å². The van der Waals surface area contributed by atoms with E-state index < -0.39 is 0 Å². The maximum atomic E-state index is 12.0. The molecule has 3 heteroatoms. The lowest BCUT2D eigenvalue weighted by atomic mass is 10.2. The van der Waals surface area contributed by atoms with Gasteiger partial charge in [-0.15, -0.1) is 0 Å². The highest BCUT2D eigenvalue weighted by Gasteiger charge is 2.10. The van der Waals surface area contributed by atoms with Crippen molar-refractivity contribution in [2.75, 3.05) is 6.61 Å². The molecule has 0 bridgehead atoms. The summed E-state index contributed by atoms with van der Waals surface area (Å²) in [6, 6.07) is 7.16. The van der Waals surface area contributed by atoms with Crippen molar-refractivity contribution in [3.8, 4) is 5.95 Å². The van der Waals surface area contributed by atoms with Gasteiger partial charge in [-0.1, -0.05) is 24.3 Å². The van der Waals surface area contributed by atoms with Crippen LogP contribution in [-0.4, -0.2) is 6.61 Å². The SMILES string of the molecule is CC=CCOc1oc2ccccc2c(=O)c1C. The zero-order valence-corrected chi connectivity index (χ0v) is 9.90. The first kappa shape index (κ1) is 11.5. The van der Waals surface area contributed by atoms with E-state index in [-0.39, 0.29) is 5.43 Å². The quantitative estimate of drug-likeness (QED) is 0.761. The van der Waals surface area contributed by atoms with Gasteiger partial charge in [-0.05, 0) is 26.0 Å². The molecule has 2 rings (SSSR count). The normalized spacial score (nSPS) is 11.2. The summed E-state index contributed by atoms with van der Waals surface area (Å²) in [6.07, 6.45) is 3.74. The van der Waals surface area contributed by atoms with Gasteiger partial charge in [0.15, 0.2) is 5.43 Å². The molecule has 0 unspecified atom stereocenters. The zero-order chi connectivity index (χ0) is 12.3. The van der Waals surface area contributed by atoms with Crippen molar-refractivity contribution >= 4 is 11.0 Å². The highest BCUT2D eigenvalue weighted by molar-refractivity contribution is 5.77. The number of benzene rings is 1. The van der Waals surface area contributed by atoms with Crippen LogP contribution < -0.4 is 10.2 Å². The summed E-state index contributed by atoms with van der Waals surface area (Å²) in [5.41, 5.74) is 1.02. The maximum absolute atomic E-state index is 12.0. The lowest BCUT2D eigenvalue weighted by Crippen LogP contribution is -2.08. The molecule has 1 aromatic carbocycles. The zero-order valence-electron chi connectivity index (χ0n) is 9.90. The summed E-state index contributed by atoms with van der Waals surface area (Å²) in [7, 11) is 0. The Labute approximate surface area is 99.3 Å². The second-order valence-electron chi connectivity index (χ2n) is 3.72. The van der Waals surface area contributed by atoms with Gasteiger partial charge >= 0.3 is 0 Å². The first-order valence-corrected chi connectivity index (χ1v) is 5.50. The summed E-state index contributed by atoms with van der Waals surface area (Å²) in [5.74, 6) is 0.298. The maximum Gasteiger partial charge on any atom is 0.292 e. The molecule has 0 saturated heterocycles. The molecule has 0 saturated carbocycles. The largest absolute Gasteiger partial charge is 0.461 e. The Bertz CT molecular complexity index is 608. The third kappa shape index (κ3) is 2.23. The van der Waals surface area contributed by atoms with Crippen LogP contribution in [0.4, 0.5) is 0 Å². The second-order valence-corrected chi connectivity index (χ2v) is 3.72. The molecule has 0 fully saturated rings. The summed E-state index contributed by atoms with van der Waals surface area (Å²) in [5, 5.41) is 0.586. The van der Waals surface area contributed by atoms with Gasteiger partial charge in [-0.3, -0.25) is 4.79 Å². The third-order valence-corrected chi connectivity index (χ3v) is 2.53. The van der Waals surface area contributed by atoms with E-state index in [0.29, 0.717) is 29.1 Å². The van der Waals surface area contributed by atoms with Crippen molar-refractivity contribution in [2.45, 2.75) is 13.8 Å². The fourth-order valence-electron chi connectivity index (χ4n) is 1.57. The minimum Gasteiger partial charge on any atom is -0.461 e. The predicted octanol–water partition coefficient (Wildman–Crippen LogP) is 3.06. The monoisotopic (exact) mass is 230 g/mol. The highest BCUT2D eigenvalue weighted by Crippen LogP contribution is 2.21. The summed E-state index contributed by atoms with van der Waals surface area (Å²) in [4.78, 5) is 12.0. The number of ether oxygens (including phenoxy) is 1. The van der Waals surface area contributed by atoms with Crippen molar-refractivity contribution in [3.63, 3.8) is 0 Å². The molecular formula is C14H14O3. The molecule has 0 atom stereocenters. The van der Waals surface area contributed by atoms with Gasteiger partial charge in [0.25, 0.3) is 5.95 Å². The molecule has 3 nitrogen and oxygen atoms in total.